The smallest absolute Gasteiger partial charge is 0.206 e. The second-order valence-electron chi connectivity index (χ2n) is 2.55. The molecule has 13 heavy (non-hydrogen) atoms. The largest absolute Gasteiger partial charge is 0.420 e. The quantitative estimate of drug-likeness (QED) is 0.618. The Balaban J connectivity index is 3.43. The minimum absolute atomic E-state index is 0.0180. The summed E-state index contributed by atoms with van der Waals surface area (Å²) in [6.07, 6.45) is -4.66. The first kappa shape index (κ1) is 10.5. The molecule has 1 aromatic rings. The Hall–Kier alpha value is -0.580. The lowest BCUT2D eigenvalue weighted by Crippen LogP contribution is -2.10. The Morgan fingerprint density at radius 1 is 1.23 bits per heavy atom. The van der Waals surface area contributed by atoms with Crippen molar-refractivity contribution >= 4 is 15.9 Å². The predicted molar refractivity (Wildman–Crippen MR) is 43.8 cm³/mol. The molecular weight excluding hydrogens is 252 g/mol. The van der Waals surface area contributed by atoms with Crippen LogP contribution in [0.2, 0.25) is 0 Å². The summed E-state index contributed by atoms with van der Waals surface area (Å²) in [6.45, 7) is 1.29. The Labute approximate surface area is 80.7 Å². The van der Waals surface area contributed by atoms with E-state index in [4.69, 9.17) is 0 Å². The first-order chi connectivity index (χ1) is 5.84. The number of hydrogen-bond donors (Lipinski definition) is 0. The molecule has 0 radical (unpaired) electrons. The van der Waals surface area contributed by atoms with Crippen LogP contribution in [-0.4, -0.2) is 0 Å². The highest BCUT2D eigenvalue weighted by atomic mass is 79.9. The first-order valence-electron chi connectivity index (χ1n) is 3.36. The van der Waals surface area contributed by atoms with Gasteiger partial charge in [-0.25, -0.2) is 4.39 Å². The highest BCUT2D eigenvalue weighted by Gasteiger charge is 2.36. The molecule has 0 N–H and O–H groups in total. The molecule has 72 valence electrons. The second-order valence-corrected chi connectivity index (χ2v) is 3.41. The normalized spacial score (nSPS) is 11.8. The zero-order chi connectivity index (χ0) is 10.2. The first-order valence-corrected chi connectivity index (χ1v) is 4.15. The molecule has 0 unspecified atom stereocenters. The van der Waals surface area contributed by atoms with Crippen molar-refractivity contribution in [3.63, 3.8) is 0 Å². The van der Waals surface area contributed by atoms with Gasteiger partial charge in [0.2, 0.25) is 0 Å². The molecule has 0 atom stereocenters. The zero-order valence-corrected chi connectivity index (χ0v) is 8.13. The average Bonchev–Trinajstić information content (AvgIpc) is 1.95. The molecule has 0 aliphatic carbocycles. The molecular formula is C8H5BrF4. The molecule has 1 rings (SSSR count). The summed E-state index contributed by atoms with van der Waals surface area (Å²) in [5.41, 5.74) is -1.26. The summed E-state index contributed by atoms with van der Waals surface area (Å²) in [5, 5.41) is 0. The van der Waals surface area contributed by atoms with Crippen molar-refractivity contribution in [3.8, 4) is 0 Å². The maximum Gasteiger partial charge on any atom is 0.420 e. The van der Waals surface area contributed by atoms with Crippen molar-refractivity contribution in [1.29, 1.82) is 0 Å². The maximum absolute atomic E-state index is 13.0. The molecule has 1 aromatic carbocycles. The van der Waals surface area contributed by atoms with Gasteiger partial charge in [-0.3, -0.25) is 0 Å². The lowest BCUT2D eigenvalue weighted by molar-refractivity contribution is -0.140. The molecule has 0 nitrogen and oxygen atoms in total. The van der Waals surface area contributed by atoms with Gasteiger partial charge in [-0.15, -0.1) is 0 Å². The van der Waals surface area contributed by atoms with Crippen molar-refractivity contribution in [2.75, 3.05) is 0 Å². The Bertz CT molecular complexity index is 330. The van der Waals surface area contributed by atoms with Gasteiger partial charge in [-0.1, -0.05) is 22.0 Å². The Kier molecular flexibility index (Phi) is 2.66. The second kappa shape index (κ2) is 3.29. The summed E-state index contributed by atoms with van der Waals surface area (Å²) < 4.78 is 49.4. The third-order valence-electron chi connectivity index (χ3n) is 1.57. The predicted octanol–water partition coefficient (Wildman–Crippen LogP) is 3.92. The SMILES string of the molecule is Cc1ccc(Br)c(C(F)(F)F)c1F. The third-order valence-corrected chi connectivity index (χ3v) is 2.23. The number of hydrogen-bond acceptors (Lipinski definition) is 0. The fourth-order valence-corrected chi connectivity index (χ4v) is 1.45. The van der Waals surface area contributed by atoms with Crippen LogP contribution >= 0.6 is 15.9 Å². The summed E-state index contributed by atoms with van der Waals surface area (Å²) >= 11 is 2.66. The lowest BCUT2D eigenvalue weighted by Gasteiger charge is -2.11. The van der Waals surface area contributed by atoms with Gasteiger partial charge in [0.25, 0.3) is 0 Å². The molecule has 0 aliphatic heterocycles. The highest BCUT2D eigenvalue weighted by molar-refractivity contribution is 9.10. The Morgan fingerprint density at radius 2 is 1.77 bits per heavy atom. The van der Waals surface area contributed by atoms with Crippen LogP contribution in [-0.2, 0) is 6.18 Å². The van der Waals surface area contributed by atoms with Gasteiger partial charge in [0, 0.05) is 4.47 Å². The van der Waals surface area contributed by atoms with E-state index in [0.29, 0.717) is 0 Å². The molecule has 0 bridgehead atoms. The van der Waals surface area contributed by atoms with Gasteiger partial charge in [0.1, 0.15) is 11.4 Å². The van der Waals surface area contributed by atoms with Crippen molar-refractivity contribution in [2.45, 2.75) is 13.1 Å². The van der Waals surface area contributed by atoms with Gasteiger partial charge >= 0.3 is 6.18 Å². The van der Waals surface area contributed by atoms with Crippen LogP contribution in [0.3, 0.4) is 0 Å². The average molecular weight is 257 g/mol. The van der Waals surface area contributed by atoms with E-state index in [-0.39, 0.29) is 10.0 Å². The molecule has 0 saturated carbocycles. The fourth-order valence-electron chi connectivity index (χ4n) is 0.917. The van der Waals surface area contributed by atoms with Gasteiger partial charge in [-0.2, -0.15) is 13.2 Å². The topological polar surface area (TPSA) is 0 Å². The molecule has 0 saturated heterocycles. The van der Waals surface area contributed by atoms with E-state index in [2.05, 4.69) is 15.9 Å². The number of benzene rings is 1. The molecule has 0 heterocycles. The van der Waals surface area contributed by atoms with Crippen LogP contribution in [0.25, 0.3) is 0 Å². The van der Waals surface area contributed by atoms with E-state index in [1.165, 1.54) is 19.1 Å². The molecule has 0 fully saturated rings. The van der Waals surface area contributed by atoms with Crippen LogP contribution in [0.1, 0.15) is 11.1 Å². The van der Waals surface area contributed by atoms with E-state index in [0.717, 1.165) is 0 Å². The van der Waals surface area contributed by atoms with Crippen molar-refractivity contribution in [2.24, 2.45) is 0 Å². The zero-order valence-electron chi connectivity index (χ0n) is 6.54. The van der Waals surface area contributed by atoms with Gasteiger partial charge in [0.15, 0.2) is 0 Å². The van der Waals surface area contributed by atoms with E-state index in [1.54, 1.807) is 0 Å². The molecule has 0 aromatic heterocycles. The summed E-state index contributed by atoms with van der Waals surface area (Å²) in [6, 6.07) is 2.47. The third kappa shape index (κ3) is 2.02. The molecule has 0 amide bonds. The van der Waals surface area contributed by atoms with Crippen LogP contribution < -0.4 is 0 Å². The number of halogens is 5. The van der Waals surface area contributed by atoms with E-state index >= 15 is 0 Å². The van der Waals surface area contributed by atoms with E-state index < -0.39 is 17.6 Å². The Morgan fingerprint density at radius 3 is 2.15 bits per heavy atom. The monoisotopic (exact) mass is 256 g/mol. The summed E-state index contributed by atoms with van der Waals surface area (Å²) in [7, 11) is 0. The van der Waals surface area contributed by atoms with E-state index in [9.17, 15) is 17.6 Å². The minimum Gasteiger partial charge on any atom is -0.206 e. The molecule has 0 aliphatic rings. The van der Waals surface area contributed by atoms with Crippen molar-refractivity contribution in [3.05, 3.63) is 33.5 Å². The minimum atomic E-state index is -4.66. The number of aryl methyl sites for hydroxylation is 1. The van der Waals surface area contributed by atoms with Gasteiger partial charge < -0.3 is 0 Å². The fraction of sp³-hybridized carbons (Fsp3) is 0.250. The van der Waals surface area contributed by atoms with Crippen LogP contribution in [0.4, 0.5) is 17.6 Å². The maximum atomic E-state index is 13.0. The van der Waals surface area contributed by atoms with Crippen LogP contribution in [0.15, 0.2) is 16.6 Å². The highest BCUT2D eigenvalue weighted by Crippen LogP contribution is 2.37. The standard InChI is InChI=1S/C8H5BrF4/c1-4-2-3-5(9)6(7(4)10)8(11,12)13/h2-3H,1H3. The molecule has 5 heteroatoms. The van der Waals surface area contributed by atoms with Crippen molar-refractivity contribution < 1.29 is 17.6 Å². The van der Waals surface area contributed by atoms with Crippen LogP contribution in [0, 0.1) is 12.7 Å². The van der Waals surface area contributed by atoms with E-state index in [1.807, 2.05) is 0 Å². The summed E-state index contributed by atoms with van der Waals surface area (Å²) in [4.78, 5) is 0. The van der Waals surface area contributed by atoms with Gasteiger partial charge in [-0.05, 0) is 18.6 Å². The lowest BCUT2D eigenvalue weighted by atomic mass is 10.1. The summed E-state index contributed by atoms with van der Waals surface area (Å²) in [5.74, 6) is -1.22. The van der Waals surface area contributed by atoms with Gasteiger partial charge in [0.05, 0.1) is 0 Å². The number of alkyl halides is 3. The molecule has 0 spiro atoms. The van der Waals surface area contributed by atoms with Crippen molar-refractivity contribution in [1.82, 2.24) is 0 Å². The van der Waals surface area contributed by atoms with Crippen LogP contribution in [0.5, 0.6) is 0 Å². The number of rotatable bonds is 0.